The van der Waals surface area contributed by atoms with E-state index < -0.39 is 11.4 Å². The third kappa shape index (κ3) is 2.78. The van der Waals surface area contributed by atoms with Gasteiger partial charge in [0, 0.05) is 12.7 Å². The number of hydrogen-bond acceptors (Lipinski definition) is 4. The monoisotopic (exact) mass is 313 g/mol. The highest BCUT2D eigenvalue weighted by molar-refractivity contribution is 5.92. The van der Waals surface area contributed by atoms with E-state index in [9.17, 15) is 14.4 Å². The first kappa shape index (κ1) is 14.8. The number of H-pyrrole nitrogens is 1. The fourth-order valence-corrected chi connectivity index (χ4v) is 2.37. The van der Waals surface area contributed by atoms with E-state index in [1.807, 2.05) is 25.1 Å². The molecule has 0 aliphatic rings. The highest BCUT2D eigenvalue weighted by atomic mass is 16.2. The van der Waals surface area contributed by atoms with Crippen molar-refractivity contribution in [1.82, 2.24) is 18.9 Å². The van der Waals surface area contributed by atoms with Crippen molar-refractivity contribution in [3.05, 3.63) is 62.7 Å². The Morgan fingerprint density at radius 1 is 1.30 bits per heavy atom. The van der Waals surface area contributed by atoms with Crippen molar-refractivity contribution >= 4 is 17.4 Å². The van der Waals surface area contributed by atoms with Crippen molar-refractivity contribution in [3.63, 3.8) is 0 Å². The second-order valence-electron chi connectivity index (χ2n) is 5.27. The van der Waals surface area contributed by atoms with Crippen molar-refractivity contribution in [2.45, 2.75) is 13.3 Å². The molecule has 0 fully saturated rings. The lowest BCUT2D eigenvalue weighted by Gasteiger charge is -2.06. The molecule has 8 nitrogen and oxygen atoms in total. The third-order valence-corrected chi connectivity index (χ3v) is 3.48. The van der Waals surface area contributed by atoms with Gasteiger partial charge >= 0.3 is 11.4 Å². The first-order chi connectivity index (χ1) is 11.0. The number of fused-ring (bicyclic) bond motifs is 1. The Morgan fingerprint density at radius 3 is 2.83 bits per heavy atom. The Morgan fingerprint density at radius 2 is 2.09 bits per heavy atom. The van der Waals surface area contributed by atoms with Crippen LogP contribution in [0.5, 0.6) is 0 Å². The van der Waals surface area contributed by atoms with Gasteiger partial charge in [-0.1, -0.05) is 12.1 Å². The summed E-state index contributed by atoms with van der Waals surface area (Å²) in [5.41, 5.74) is 0.957. The minimum Gasteiger partial charge on any atom is -0.326 e. The van der Waals surface area contributed by atoms with Crippen LogP contribution in [0.3, 0.4) is 0 Å². The van der Waals surface area contributed by atoms with Crippen LogP contribution in [0.15, 0.2) is 40.1 Å². The molecule has 0 radical (unpaired) electrons. The molecule has 118 valence electrons. The van der Waals surface area contributed by atoms with Gasteiger partial charge in [-0.2, -0.15) is 0 Å². The number of benzene rings is 1. The number of imidazole rings is 1. The Balaban J connectivity index is 1.90. The molecule has 0 spiro atoms. The predicted octanol–water partition coefficient (Wildman–Crippen LogP) is 0.211. The molecule has 3 aromatic rings. The van der Waals surface area contributed by atoms with Crippen LogP contribution in [0.2, 0.25) is 0 Å². The van der Waals surface area contributed by atoms with Crippen LogP contribution >= 0.6 is 0 Å². The normalized spacial score (nSPS) is 10.9. The predicted molar refractivity (Wildman–Crippen MR) is 84.6 cm³/mol. The molecule has 23 heavy (non-hydrogen) atoms. The molecule has 8 heteroatoms. The number of hydrogen-bond donors (Lipinski definition) is 2. The molecule has 2 heterocycles. The van der Waals surface area contributed by atoms with E-state index in [1.54, 1.807) is 6.07 Å². The molecule has 1 amide bonds. The van der Waals surface area contributed by atoms with Gasteiger partial charge in [-0.25, -0.2) is 19.0 Å². The maximum atomic E-state index is 12.2. The van der Waals surface area contributed by atoms with Gasteiger partial charge < -0.3 is 5.32 Å². The summed E-state index contributed by atoms with van der Waals surface area (Å²) in [5.74, 6) is -0.0808. The molecule has 3 rings (SSSR count). The van der Waals surface area contributed by atoms with Crippen molar-refractivity contribution in [1.29, 1.82) is 0 Å². The third-order valence-electron chi connectivity index (χ3n) is 3.48. The lowest BCUT2D eigenvalue weighted by molar-refractivity contribution is -0.115. The summed E-state index contributed by atoms with van der Waals surface area (Å²) < 4.78 is 2.43. The molecule has 0 atom stereocenters. The minimum atomic E-state index is -0.612. The van der Waals surface area contributed by atoms with E-state index in [4.69, 9.17) is 0 Å². The van der Waals surface area contributed by atoms with E-state index >= 15 is 0 Å². The lowest BCUT2D eigenvalue weighted by Crippen LogP contribution is -2.34. The van der Waals surface area contributed by atoms with E-state index in [2.05, 4.69) is 15.3 Å². The Bertz CT molecular complexity index is 1010. The fourth-order valence-electron chi connectivity index (χ4n) is 2.37. The highest BCUT2D eigenvalue weighted by Gasteiger charge is 2.13. The van der Waals surface area contributed by atoms with E-state index in [0.717, 1.165) is 5.56 Å². The maximum Gasteiger partial charge on any atom is 0.336 e. The average Bonchev–Trinajstić information content (AvgIpc) is 2.89. The molecule has 2 N–H and O–H groups in total. The zero-order valence-electron chi connectivity index (χ0n) is 12.7. The molecule has 0 bridgehead atoms. The molecule has 0 saturated heterocycles. The van der Waals surface area contributed by atoms with Gasteiger partial charge in [0.2, 0.25) is 11.7 Å². The van der Waals surface area contributed by atoms with Crippen LogP contribution in [0.4, 0.5) is 5.69 Å². The second-order valence-corrected chi connectivity index (χ2v) is 5.27. The lowest BCUT2D eigenvalue weighted by atomic mass is 10.2. The van der Waals surface area contributed by atoms with Crippen molar-refractivity contribution in [2.75, 3.05) is 5.32 Å². The quantitative estimate of drug-likeness (QED) is 0.721. The number of aromatic nitrogens is 4. The SMILES string of the molecule is Cc1cccc(NC(=O)Cc2cnc3n(C)c(=O)[nH]c(=O)n23)c1. The molecular weight excluding hydrogens is 298 g/mol. The Hall–Kier alpha value is -3.16. The fraction of sp³-hybridized carbons (Fsp3) is 0.200. The minimum absolute atomic E-state index is 0.0314. The van der Waals surface area contributed by atoms with Crippen LogP contribution in [-0.4, -0.2) is 24.8 Å². The summed E-state index contributed by atoms with van der Waals surface area (Å²) in [6.45, 7) is 1.93. The van der Waals surface area contributed by atoms with Crippen molar-refractivity contribution in [3.8, 4) is 0 Å². The smallest absolute Gasteiger partial charge is 0.326 e. The summed E-state index contributed by atoms with van der Waals surface area (Å²) in [7, 11) is 1.50. The maximum absolute atomic E-state index is 12.2. The Labute approximate surface area is 130 Å². The number of carbonyl (C=O) groups excluding carboxylic acids is 1. The number of nitrogens with one attached hydrogen (secondary N) is 2. The highest BCUT2D eigenvalue weighted by Crippen LogP contribution is 2.10. The summed E-state index contributed by atoms with van der Waals surface area (Å²) in [6.07, 6.45) is 1.39. The summed E-state index contributed by atoms with van der Waals surface area (Å²) in [5, 5.41) is 2.77. The largest absolute Gasteiger partial charge is 0.336 e. The number of anilines is 1. The van der Waals surface area contributed by atoms with E-state index in [-0.39, 0.29) is 18.1 Å². The first-order valence-electron chi connectivity index (χ1n) is 6.98. The second kappa shape index (κ2) is 5.56. The molecule has 0 aliphatic heterocycles. The Kier molecular flexibility index (Phi) is 3.57. The standard InChI is InChI=1S/C15H15N5O3/c1-9-4-3-5-10(6-9)17-12(21)7-11-8-16-13-19(2)14(22)18-15(23)20(11)13/h3-6,8H,7H2,1-2H3,(H,17,21)(H,18,22,23). The van der Waals surface area contributed by atoms with Crippen LogP contribution < -0.4 is 16.7 Å². The van der Waals surface area contributed by atoms with Crippen molar-refractivity contribution < 1.29 is 4.79 Å². The number of aryl methyl sites for hydroxylation is 2. The first-order valence-corrected chi connectivity index (χ1v) is 6.98. The van der Waals surface area contributed by atoms with Gasteiger partial charge in [-0.15, -0.1) is 0 Å². The topological polar surface area (TPSA) is 101 Å². The zero-order chi connectivity index (χ0) is 16.6. The van der Waals surface area contributed by atoms with Gasteiger partial charge in [-0.05, 0) is 24.6 Å². The van der Waals surface area contributed by atoms with Crippen LogP contribution in [-0.2, 0) is 18.3 Å². The van der Waals surface area contributed by atoms with Crippen LogP contribution in [0, 0.1) is 6.92 Å². The molecule has 1 aromatic carbocycles. The van der Waals surface area contributed by atoms with Gasteiger partial charge in [0.05, 0.1) is 18.3 Å². The number of rotatable bonds is 3. The van der Waals surface area contributed by atoms with Gasteiger partial charge in [0.1, 0.15) is 0 Å². The zero-order valence-corrected chi connectivity index (χ0v) is 12.7. The molecule has 2 aromatic heterocycles. The molecule has 0 aliphatic carbocycles. The van der Waals surface area contributed by atoms with Gasteiger partial charge in [0.25, 0.3) is 0 Å². The van der Waals surface area contributed by atoms with Gasteiger partial charge in [0.15, 0.2) is 0 Å². The molecular formula is C15H15N5O3. The van der Waals surface area contributed by atoms with E-state index in [0.29, 0.717) is 11.4 Å². The number of nitrogens with zero attached hydrogens (tertiary/aromatic N) is 3. The van der Waals surface area contributed by atoms with Crippen LogP contribution in [0.25, 0.3) is 5.78 Å². The van der Waals surface area contributed by atoms with E-state index in [1.165, 1.54) is 22.2 Å². The van der Waals surface area contributed by atoms with Crippen LogP contribution in [0.1, 0.15) is 11.3 Å². The number of aromatic amines is 1. The summed E-state index contributed by atoms with van der Waals surface area (Å²) in [4.78, 5) is 41.9. The number of carbonyl (C=O) groups is 1. The summed E-state index contributed by atoms with van der Waals surface area (Å²) >= 11 is 0. The molecule has 0 unspecified atom stereocenters. The number of amides is 1. The van der Waals surface area contributed by atoms with Gasteiger partial charge in [-0.3, -0.25) is 14.3 Å². The molecule has 0 saturated carbocycles. The average molecular weight is 313 g/mol. The van der Waals surface area contributed by atoms with Crippen molar-refractivity contribution in [2.24, 2.45) is 7.05 Å². The summed E-state index contributed by atoms with van der Waals surface area (Å²) in [6, 6.07) is 7.42.